The summed E-state index contributed by atoms with van der Waals surface area (Å²) in [5.41, 5.74) is 1.62. The van der Waals surface area contributed by atoms with E-state index in [0.717, 1.165) is 63.7 Å². The predicted octanol–water partition coefficient (Wildman–Crippen LogP) is 10.6. The first-order valence-electron chi connectivity index (χ1n) is 14.1. The summed E-state index contributed by atoms with van der Waals surface area (Å²) in [5, 5.41) is 0. The van der Waals surface area contributed by atoms with Crippen LogP contribution < -0.4 is 0 Å². The van der Waals surface area contributed by atoms with Crippen molar-refractivity contribution in [2.24, 2.45) is 17.8 Å². The summed E-state index contributed by atoms with van der Waals surface area (Å²) in [7, 11) is 0. The summed E-state index contributed by atoms with van der Waals surface area (Å²) in [5.74, 6) is -1.44. The van der Waals surface area contributed by atoms with E-state index in [-0.39, 0.29) is 17.8 Å². The molecule has 0 radical (unpaired) electrons. The second-order valence-corrected chi connectivity index (χ2v) is 11.4. The zero-order valence-corrected chi connectivity index (χ0v) is 21.5. The number of hydrogen-bond acceptors (Lipinski definition) is 0. The zero-order valence-electron chi connectivity index (χ0n) is 21.5. The van der Waals surface area contributed by atoms with Crippen LogP contribution in [0, 0.1) is 29.4 Å². The van der Waals surface area contributed by atoms with Gasteiger partial charge in [0.2, 0.25) is 0 Å². The Hall–Kier alpha value is -1.58. The molecule has 1 aromatic carbocycles. The fourth-order valence-electron chi connectivity index (χ4n) is 6.87. The molecule has 1 atom stereocenters. The van der Waals surface area contributed by atoms with E-state index in [1.165, 1.54) is 12.8 Å². The van der Waals surface area contributed by atoms with E-state index in [1.54, 1.807) is 0 Å². The van der Waals surface area contributed by atoms with E-state index >= 15 is 8.78 Å². The summed E-state index contributed by atoms with van der Waals surface area (Å²) in [6.07, 6.45) is 14.5. The van der Waals surface area contributed by atoms with Crippen LogP contribution in [0.5, 0.6) is 0 Å². The molecule has 0 spiro atoms. The highest BCUT2D eigenvalue weighted by Gasteiger charge is 2.30. The summed E-state index contributed by atoms with van der Waals surface area (Å²) >= 11 is 0. The first kappa shape index (κ1) is 26.5. The van der Waals surface area contributed by atoms with Crippen LogP contribution in [0.4, 0.5) is 17.6 Å². The average molecular weight is 491 g/mol. The number of rotatable bonds is 8. The molecule has 3 aliphatic carbocycles. The van der Waals surface area contributed by atoms with Crippen LogP contribution in [0.3, 0.4) is 0 Å². The monoisotopic (exact) mass is 490 g/mol. The van der Waals surface area contributed by atoms with Crippen LogP contribution in [-0.2, 0) is 0 Å². The highest BCUT2D eigenvalue weighted by Crippen LogP contribution is 2.43. The molecule has 0 saturated heterocycles. The van der Waals surface area contributed by atoms with E-state index in [1.807, 2.05) is 25.1 Å². The minimum atomic E-state index is -0.645. The number of hydrogen-bond donors (Lipinski definition) is 0. The fourth-order valence-corrected chi connectivity index (χ4v) is 6.87. The van der Waals surface area contributed by atoms with Gasteiger partial charge in [-0.1, -0.05) is 44.9 Å². The van der Waals surface area contributed by atoms with Crippen molar-refractivity contribution in [2.75, 3.05) is 0 Å². The molecule has 0 unspecified atom stereocenters. The normalized spacial score (nSPS) is 29.9. The molecule has 2 saturated carbocycles. The average Bonchev–Trinajstić information content (AvgIpc) is 2.88. The molecule has 0 bridgehead atoms. The third-order valence-corrected chi connectivity index (χ3v) is 9.23. The first-order chi connectivity index (χ1) is 16.9. The van der Waals surface area contributed by atoms with Gasteiger partial charge in [-0.3, -0.25) is 0 Å². The number of benzene rings is 1. The van der Waals surface area contributed by atoms with Gasteiger partial charge < -0.3 is 0 Å². The largest absolute Gasteiger partial charge is 0.208 e. The first-order valence-corrected chi connectivity index (χ1v) is 14.1. The highest BCUT2D eigenvalue weighted by molar-refractivity contribution is 5.33. The summed E-state index contributed by atoms with van der Waals surface area (Å²) in [6, 6.07) is 3.70. The van der Waals surface area contributed by atoms with Crippen LogP contribution in [0.1, 0.15) is 127 Å². The highest BCUT2D eigenvalue weighted by atomic mass is 19.2. The number of allylic oxidation sites excluding steroid dienone is 4. The van der Waals surface area contributed by atoms with E-state index in [9.17, 15) is 8.78 Å². The quantitative estimate of drug-likeness (QED) is 0.318. The van der Waals surface area contributed by atoms with Gasteiger partial charge in [-0.05, 0) is 117 Å². The van der Waals surface area contributed by atoms with Crippen molar-refractivity contribution in [1.29, 1.82) is 0 Å². The smallest absolute Gasteiger partial charge is 0.162 e. The fraction of sp³-hybridized carbons (Fsp3) is 0.677. The van der Waals surface area contributed by atoms with Gasteiger partial charge in [0.1, 0.15) is 5.83 Å². The van der Waals surface area contributed by atoms with E-state index in [4.69, 9.17) is 0 Å². The van der Waals surface area contributed by atoms with Crippen molar-refractivity contribution in [1.82, 2.24) is 0 Å². The van der Waals surface area contributed by atoms with Gasteiger partial charge in [-0.25, -0.2) is 17.6 Å². The molecule has 1 aromatic rings. The maximum absolute atomic E-state index is 15.2. The number of halogens is 4. The molecule has 3 aliphatic rings. The molecule has 0 heterocycles. The molecule has 0 aliphatic heterocycles. The molecule has 0 aromatic heterocycles. The molecule has 35 heavy (non-hydrogen) atoms. The molecule has 194 valence electrons. The third kappa shape index (κ3) is 6.05. The van der Waals surface area contributed by atoms with Crippen molar-refractivity contribution in [3.8, 4) is 0 Å². The topological polar surface area (TPSA) is 0 Å². The summed E-state index contributed by atoms with van der Waals surface area (Å²) < 4.78 is 58.8. The van der Waals surface area contributed by atoms with Crippen LogP contribution in [0.25, 0.3) is 0 Å². The van der Waals surface area contributed by atoms with Crippen LogP contribution in [0.15, 0.2) is 35.4 Å². The standard InChI is InChI=1S/C31H42F4/c1-3-5-20-6-11-23(12-7-20)26-18-19-27(31(35)30(26)34)24-13-8-21(9-14-24)10-15-25-17-16-22(4-2)28(32)29(25)33/h17-24H,3-16H2,1-2H3/t20?,21?,22-,23?,24?/m0/s1. The van der Waals surface area contributed by atoms with Crippen LogP contribution in [-0.4, -0.2) is 0 Å². The van der Waals surface area contributed by atoms with Gasteiger partial charge in [0, 0.05) is 5.92 Å². The van der Waals surface area contributed by atoms with E-state index in [2.05, 4.69) is 6.92 Å². The van der Waals surface area contributed by atoms with Gasteiger partial charge in [0.15, 0.2) is 17.5 Å². The molecule has 0 amide bonds. The van der Waals surface area contributed by atoms with E-state index < -0.39 is 23.3 Å². The Balaban J connectivity index is 1.30. The second kappa shape index (κ2) is 12.1. The Morgan fingerprint density at radius 1 is 0.714 bits per heavy atom. The van der Waals surface area contributed by atoms with Crippen LogP contribution in [0.2, 0.25) is 0 Å². The predicted molar refractivity (Wildman–Crippen MR) is 136 cm³/mol. The molecular weight excluding hydrogens is 448 g/mol. The lowest BCUT2D eigenvalue weighted by molar-refractivity contribution is 0.297. The molecule has 4 rings (SSSR count). The Morgan fingerprint density at radius 3 is 1.71 bits per heavy atom. The van der Waals surface area contributed by atoms with Crippen molar-refractivity contribution in [2.45, 2.75) is 116 Å². The lowest BCUT2D eigenvalue weighted by atomic mass is 9.74. The molecule has 2 fully saturated rings. The Bertz CT molecular complexity index is 914. The molecule has 4 heteroatoms. The van der Waals surface area contributed by atoms with E-state index in [0.29, 0.717) is 41.9 Å². The lowest BCUT2D eigenvalue weighted by Gasteiger charge is -2.31. The third-order valence-electron chi connectivity index (χ3n) is 9.23. The maximum atomic E-state index is 15.2. The van der Waals surface area contributed by atoms with Crippen molar-refractivity contribution >= 4 is 0 Å². The van der Waals surface area contributed by atoms with Gasteiger partial charge in [0.25, 0.3) is 0 Å². The molecule has 0 nitrogen and oxygen atoms in total. The van der Waals surface area contributed by atoms with Crippen LogP contribution >= 0.6 is 0 Å². The Morgan fingerprint density at radius 2 is 1.23 bits per heavy atom. The van der Waals surface area contributed by atoms with Crippen molar-refractivity contribution < 1.29 is 17.6 Å². The lowest BCUT2D eigenvalue weighted by Crippen LogP contribution is -2.17. The van der Waals surface area contributed by atoms with Gasteiger partial charge in [-0.15, -0.1) is 0 Å². The molecular formula is C31H42F4. The Kier molecular flexibility index (Phi) is 9.16. The summed E-state index contributed by atoms with van der Waals surface area (Å²) in [4.78, 5) is 0. The SMILES string of the molecule is CCCC1CCC(c2ccc(C3CCC(CCC4=CC[C@H](CC)C(F)=C4F)CC3)c(F)c2F)CC1. The second-order valence-electron chi connectivity index (χ2n) is 11.4. The van der Waals surface area contributed by atoms with Crippen molar-refractivity contribution in [3.05, 3.63) is 58.2 Å². The maximum Gasteiger partial charge on any atom is 0.162 e. The van der Waals surface area contributed by atoms with Crippen molar-refractivity contribution in [3.63, 3.8) is 0 Å². The van der Waals surface area contributed by atoms with Gasteiger partial charge in [-0.2, -0.15) is 0 Å². The van der Waals surface area contributed by atoms with Gasteiger partial charge >= 0.3 is 0 Å². The minimum Gasteiger partial charge on any atom is -0.208 e. The molecule has 0 N–H and O–H groups in total. The Labute approximate surface area is 209 Å². The summed E-state index contributed by atoms with van der Waals surface area (Å²) in [6.45, 7) is 4.09. The minimum absolute atomic E-state index is 0.0448. The van der Waals surface area contributed by atoms with Gasteiger partial charge in [0.05, 0.1) is 0 Å². The zero-order chi connectivity index (χ0) is 24.9.